The molecule has 1 fully saturated rings. The minimum Gasteiger partial charge on any atom is -0.349 e. The first-order valence-electron chi connectivity index (χ1n) is 8.15. The number of nitrogens with zero attached hydrogens (tertiary/aromatic N) is 2. The largest absolute Gasteiger partial charge is 0.349 e. The summed E-state index contributed by atoms with van der Waals surface area (Å²) in [6.45, 7) is 2.12. The Hall–Kier alpha value is -2.20. The Morgan fingerprint density at radius 3 is 2.57 bits per heavy atom. The highest BCUT2D eigenvalue weighted by atomic mass is 32.1. The number of nitrogens with one attached hydrogen (secondary N) is 1. The van der Waals surface area contributed by atoms with E-state index in [1.165, 1.54) is 24.6 Å². The van der Waals surface area contributed by atoms with Crippen LogP contribution in [0.2, 0.25) is 0 Å². The summed E-state index contributed by atoms with van der Waals surface area (Å²) in [6.07, 6.45) is 3.77. The van der Waals surface area contributed by atoms with Crippen LogP contribution in [-0.2, 0) is 0 Å². The summed E-state index contributed by atoms with van der Waals surface area (Å²) in [5, 5.41) is 6.52. The summed E-state index contributed by atoms with van der Waals surface area (Å²) in [5.74, 6) is 0. The zero-order valence-corrected chi connectivity index (χ0v) is 13.8. The number of aromatic nitrogens is 1. The topological polar surface area (TPSA) is 28.2 Å². The molecule has 0 saturated carbocycles. The third-order valence-corrected chi connectivity index (χ3v) is 4.77. The van der Waals surface area contributed by atoms with Crippen molar-refractivity contribution in [3.63, 3.8) is 0 Å². The molecule has 2 heterocycles. The Kier molecular flexibility index (Phi) is 3.83. The van der Waals surface area contributed by atoms with Gasteiger partial charge >= 0.3 is 0 Å². The van der Waals surface area contributed by atoms with Gasteiger partial charge in [-0.15, -0.1) is 0 Å². The van der Waals surface area contributed by atoms with Crippen LogP contribution in [0.3, 0.4) is 0 Å². The SMILES string of the molecule is S=C(Nc1ccc2cc3ccccc3nc2c1)N1CCCCC1. The maximum absolute atomic E-state index is 5.55. The second-order valence-corrected chi connectivity index (χ2v) is 6.45. The number of fused-ring (bicyclic) bond motifs is 2. The molecule has 3 nitrogen and oxygen atoms in total. The van der Waals surface area contributed by atoms with Crippen LogP contribution in [0.5, 0.6) is 0 Å². The zero-order valence-electron chi connectivity index (χ0n) is 13.0. The Morgan fingerprint density at radius 1 is 0.913 bits per heavy atom. The van der Waals surface area contributed by atoms with E-state index < -0.39 is 0 Å². The predicted molar refractivity (Wildman–Crippen MR) is 101 cm³/mol. The fraction of sp³-hybridized carbons (Fsp3) is 0.263. The van der Waals surface area contributed by atoms with Crippen LogP contribution in [0.15, 0.2) is 48.5 Å². The molecule has 0 unspecified atom stereocenters. The van der Waals surface area contributed by atoms with E-state index in [-0.39, 0.29) is 0 Å². The van der Waals surface area contributed by atoms with Gasteiger partial charge in [-0.1, -0.05) is 24.3 Å². The smallest absolute Gasteiger partial charge is 0.173 e. The summed E-state index contributed by atoms with van der Waals surface area (Å²) < 4.78 is 0. The lowest BCUT2D eigenvalue weighted by atomic mass is 10.1. The van der Waals surface area contributed by atoms with Gasteiger partial charge in [-0.05, 0) is 55.7 Å². The molecule has 0 spiro atoms. The van der Waals surface area contributed by atoms with Crippen LogP contribution < -0.4 is 5.32 Å². The Morgan fingerprint density at radius 2 is 1.70 bits per heavy atom. The van der Waals surface area contributed by atoms with Crippen LogP contribution in [0.1, 0.15) is 19.3 Å². The fourth-order valence-corrected chi connectivity index (χ4v) is 3.45. The molecule has 4 heteroatoms. The minimum atomic E-state index is 0.824. The summed E-state index contributed by atoms with van der Waals surface area (Å²) in [5.41, 5.74) is 3.03. The summed E-state index contributed by atoms with van der Waals surface area (Å²) in [4.78, 5) is 7.02. The van der Waals surface area contributed by atoms with Gasteiger partial charge < -0.3 is 10.2 Å². The molecule has 1 N–H and O–H groups in total. The molecular formula is C19H19N3S. The molecule has 4 rings (SSSR count). The molecule has 1 aromatic heterocycles. The predicted octanol–water partition coefficient (Wildman–Crippen LogP) is 4.57. The molecule has 0 amide bonds. The molecule has 116 valence electrons. The molecule has 0 aliphatic carbocycles. The number of pyridine rings is 1. The van der Waals surface area contributed by atoms with Gasteiger partial charge in [-0.25, -0.2) is 4.98 Å². The Bertz CT molecular complexity index is 869. The van der Waals surface area contributed by atoms with Crippen molar-refractivity contribution < 1.29 is 0 Å². The van der Waals surface area contributed by atoms with Crippen molar-refractivity contribution in [2.45, 2.75) is 19.3 Å². The van der Waals surface area contributed by atoms with Gasteiger partial charge in [0.25, 0.3) is 0 Å². The molecule has 1 aliphatic rings. The number of anilines is 1. The van der Waals surface area contributed by atoms with Crippen LogP contribution in [-0.4, -0.2) is 28.1 Å². The molecule has 1 aliphatic heterocycles. The molecular weight excluding hydrogens is 302 g/mol. The number of thiocarbonyl (C=S) groups is 1. The standard InChI is InChI=1S/C19H19N3S/c23-19(22-10-4-1-5-11-22)20-16-9-8-15-12-14-6-2-3-7-17(14)21-18(15)13-16/h2-3,6-9,12-13H,1,4-5,10-11H2,(H,20,23). The maximum atomic E-state index is 5.55. The molecule has 2 aromatic carbocycles. The van der Waals surface area contributed by atoms with Gasteiger partial charge in [-0.2, -0.15) is 0 Å². The van der Waals surface area contributed by atoms with Crippen molar-refractivity contribution in [3.05, 3.63) is 48.5 Å². The normalized spacial score (nSPS) is 15.0. The van der Waals surface area contributed by atoms with E-state index in [0.717, 1.165) is 40.3 Å². The number of hydrogen-bond acceptors (Lipinski definition) is 2. The minimum absolute atomic E-state index is 0.824. The van der Waals surface area contributed by atoms with E-state index in [2.05, 4.69) is 40.5 Å². The third-order valence-electron chi connectivity index (χ3n) is 4.41. The highest BCUT2D eigenvalue weighted by molar-refractivity contribution is 7.80. The zero-order chi connectivity index (χ0) is 15.6. The summed E-state index contributed by atoms with van der Waals surface area (Å²) in [6, 6.07) is 16.7. The van der Waals surface area contributed by atoms with Crippen LogP contribution in [0.4, 0.5) is 5.69 Å². The van der Waals surface area contributed by atoms with Crippen molar-refractivity contribution in [1.82, 2.24) is 9.88 Å². The van der Waals surface area contributed by atoms with Gasteiger partial charge in [0.1, 0.15) is 0 Å². The van der Waals surface area contributed by atoms with Gasteiger partial charge in [0.2, 0.25) is 0 Å². The van der Waals surface area contributed by atoms with E-state index in [4.69, 9.17) is 17.2 Å². The summed E-state index contributed by atoms with van der Waals surface area (Å²) >= 11 is 5.55. The van der Waals surface area contributed by atoms with Crippen molar-refractivity contribution in [3.8, 4) is 0 Å². The number of benzene rings is 2. The highest BCUT2D eigenvalue weighted by Crippen LogP contribution is 2.23. The fourth-order valence-electron chi connectivity index (χ4n) is 3.15. The van der Waals surface area contributed by atoms with E-state index >= 15 is 0 Å². The first-order chi connectivity index (χ1) is 11.3. The number of hydrogen-bond donors (Lipinski definition) is 1. The first-order valence-corrected chi connectivity index (χ1v) is 8.56. The third kappa shape index (κ3) is 2.99. The quantitative estimate of drug-likeness (QED) is 0.525. The van der Waals surface area contributed by atoms with Gasteiger partial charge in [0.15, 0.2) is 5.11 Å². The van der Waals surface area contributed by atoms with Gasteiger partial charge in [0, 0.05) is 29.5 Å². The average Bonchev–Trinajstić information content (AvgIpc) is 2.60. The van der Waals surface area contributed by atoms with E-state index in [0.29, 0.717) is 0 Å². The molecule has 23 heavy (non-hydrogen) atoms. The second kappa shape index (κ2) is 6.13. The van der Waals surface area contributed by atoms with Crippen molar-refractivity contribution in [2.75, 3.05) is 18.4 Å². The molecule has 0 atom stereocenters. The molecule has 1 saturated heterocycles. The second-order valence-electron chi connectivity index (χ2n) is 6.07. The highest BCUT2D eigenvalue weighted by Gasteiger charge is 2.13. The van der Waals surface area contributed by atoms with Crippen LogP contribution in [0, 0.1) is 0 Å². The average molecular weight is 321 g/mol. The lowest BCUT2D eigenvalue weighted by molar-refractivity contribution is 0.346. The van der Waals surface area contributed by atoms with Gasteiger partial charge in [0.05, 0.1) is 11.0 Å². The van der Waals surface area contributed by atoms with Crippen LogP contribution >= 0.6 is 12.2 Å². The van der Waals surface area contributed by atoms with Crippen molar-refractivity contribution in [2.24, 2.45) is 0 Å². The number of piperidine rings is 1. The molecule has 0 radical (unpaired) electrons. The molecule has 3 aromatic rings. The van der Waals surface area contributed by atoms with E-state index in [9.17, 15) is 0 Å². The van der Waals surface area contributed by atoms with E-state index in [1.807, 2.05) is 18.2 Å². The first kappa shape index (κ1) is 14.4. The monoisotopic (exact) mass is 321 g/mol. The van der Waals surface area contributed by atoms with Gasteiger partial charge in [-0.3, -0.25) is 0 Å². The van der Waals surface area contributed by atoms with Crippen molar-refractivity contribution in [1.29, 1.82) is 0 Å². The van der Waals surface area contributed by atoms with Crippen LogP contribution in [0.25, 0.3) is 21.8 Å². The maximum Gasteiger partial charge on any atom is 0.173 e. The molecule has 0 bridgehead atoms. The summed E-state index contributed by atoms with van der Waals surface area (Å²) in [7, 11) is 0. The van der Waals surface area contributed by atoms with Crippen molar-refractivity contribution >= 4 is 44.8 Å². The number of para-hydroxylation sites is 1. The lowest BCUT2D eigenvalue weighted by Gasteiger charge is -2.29. The Balaban J connectivity index is 1.62. The Labute approximate surface area is 141 Å². The number of rotatable bonds is 1. The van der Waals surface area contributed by atoms with E-state index in [1.54, 1.807) is 0 Å². The lowest BCUT2D eigenvalue weighted by Crippen LogP contribution is -2.38. The number of likely N-dealkylation sites (tertiary alicyclic amines) is 1.